The Kier molecular flexibility index (Phi) is 4.47. The molecule has 1 N–H and O–H groups in total. The molecule has 138 valence electrons. The molecule has 2 aromatic carbocycles. The molecule has 0 saturated carbocycles. The summed E-state index contributed by atoms with van der Waals surface area (Å²) in [5.41, 5.74) is 2.31. The predicted molar refractivity (Wildman–Crippen MR) is 104 cm³/mol. The highest BCUT2D eigenvalue weighted by Crippen LogP contribution is 2.39. The number of para-hydroxylation sites is 1. The molecule has 1 aromatic heterocycles. The van der Waals surface area contributed by atoms with Gasteiger partial charge in [0.1, 0.15) is 5.82 Å². The van der Waals surface area contributed by atoms with E-state index in [1.165, 1.54) is 29.5 Å². The number of nitrogens with zero attached hydrogens (tertiary/aromatic N) is 3. The average Bonchev–Trinajstić information content (AvgIpc) is 3.07. The van der Waals surface area contributed by atoms with E-state index in [0.717, 1.165) is 17.8 Å². The van der Waals surface area contributed by atoms with Gasteiger partial charge in [0, 0.05) is 11.1 Å². The second-order valence-electron chi connectivity index (χ2n) is 7.10. The third-order valence-corrected chi connectivity index (χ3v) is 5.53. The van der Waals surface area contributed by atoms with Crippen LogP contribution in [0.2, 0.25) is 0 Å². The molecule has 0 spiro atoms. The smallest absolute Gasteiger partial charge is 0.234 e. The highest BCUT2D eigenvalue weighted by Gasteiger charge is 2.34. The molecule has 0 aliphatic carbocycles. The lowest BCUT2D eigenvalue weighted by Crippen LogP contribution is -2.33. The number of anilines is 1. The SMILES string of the molecule is CC1(C)Cc2ccccc2-c2nnc(SCC(=O)Nc3ccccc3F)n21. The summed E-state index contributed by atoms with van der Waals surface area (Å²) in [5, 5.41) is 12.0. The van der Waals surface area contributed by atoms with Gasteiger partial charge in [0.2, 0.25) is 5.91 Å². The van der Waals surface area contributed by atoms with E-state index in [0.29, 0.717) is 5.16 Å². The van der Waals surface area contributed by atoms with Crippen LogP contribution in [0.25, 0.3) is 11.4 Å². The molecule has 5 nitrogen and oxygen atoms in total. The minimum Gasteiger partial charge on any atom is -0.323 e. The first-order valence-corrected chi connectivity index (χ1v) is 9.65. The third kappa shape index (κ3) is 3.35. The van der Waals surface area contributed by atoms with Crippen LogP contribution in [-0.2, 0) is 16.8 Å². The molecule has 0 bridgehead atoms. The lowest BCUT2D eigenvalue weighted by Gasteiger charge is -2.34. The number of rotatable bonds is 4. The van der Waals surface area contributed by atoms with Crippen molar-refractivity contribution in [1.29, 1.82) is 0 Å². The van der Waals surface area contributed by atoms with Crippen molar-refractivity contribution in [1.82, 2.24) is 14.8 Å². The summed E-state index contributed by atoms with van der Waals surface area (Å²) < 4.78 is 15.8. The van der Waals surface area contributed by atoms with Crippen molar-refractivity contribution in [3.05, 3.63) is 59.9 Å². The van der Waals surface area contributed by atoms with Gasteiger partial charge in [0.05, 0.1) is 11.4 Å². The normalized spacial score (nSPS) is 14.3. The van der Waals surface area contributed by atoms with Crippen molar-refractivity contribution < 1.29 is 9.18 Å². The fourth-order valence-corrected chi connectivity index (χ4v) is 4.29. The molecule has 1 amide bonds. The first-order chi connectivity index (χ1) is 13.0. The van der Waals surface area contributed by atoms with Gasteiger partial charge in [-0.25, -0.2) is 4.39 Å². The van der Waals surface area contributed by atoms with Crippen molar-refractivity contribution in [2.24, 2.45) is 0 Å². The van der Waals surface area contributed by atoms with E-state index in [-0.39, 0.29) is 22.9 Å². The Morgan fingerprint density at radius 1 is 1.19 bits per heavy atom. The van der Waals surface area contributed by atoms with Gasteiger partial charge in [-0.15, -0.1) is 10.2 Å². The molecule has 0 atom stereocenters. The van der Waals surface area contributed by atoms with E-state index < -0.39 is 5.82 Å². The molecule has 0 fully saturated rings. The Balaban J connectivity index is 1.54. The zero-order chi connectivity index (χ0) is 19.0. The minimum absolute atomic E-state index is 0.129. The Bertz CT molecular complexity index is 1010. The molecular formula is C20H19FN4OS. The molecule has 3 aromatic rings. The maximum absolute atomic E-state index is 13.7. The standard InChI is InChI=1S/C20H19FN4OS/c1-20(2)11-13-7-3-4-8-14(13)18-23-24-19(25(18)20)27-12-17(26)22-16-10-6-5-9-15(16)21/h3-10H,11-12H2,1-2H3,(H,22,26). The zero-order valence-corrected chi connectivity index (χ0v) is 15.9. The second-order valence-corrected chi connectivity index (χ2v) is 8.05. The molecule has 0 radical (unpaired) electrons. The number of hydrogen-bond acceptors (Lipinski definition) is 4. The van der Waals surface area contributed by atoms with Gasteiger partial charge in [-0.3, -0.25) is 9.36 Å². The van der Waals surface area contributed by atoms with Gasteiger partial charge in [-0.05, 0) is 38.0 Å². The first kappa shape index (κ1) is 17.7. The van der Waals surface area contributed by atoms with Crippen molar-refractivity contribution in [3.8, 4) is 11.4 Å². The monoisotopic (exact) mass is 382 g/mol. The van der Waals surface area contributed by atoms with Gasteiger partial charge < -0.3 is 5.32 Å². The fourth-order valence-electron chi connectivity index (χ4n) is 3.40. The Hall–Kier alpha value is -2.67. The van der Waals surface area contributed by atoms with E-state index in [4.69, 9.17) is 0 Å². The predicted octanol–water partition coefficient (Wildman–Crippen LogP) is 4.11. The Morgan fingerprint density at radius 3 is 2.74 bits per heavy atom. The Labute approximate surface area is 161 Å². The van der Waals surface area contributed by atoms with Crippen LogP contribution in [-0.4, -0.2) is 26.4 Å². The van der Waals surface area contributed by atoms with Crippen molar-refractivity contribution in [2.45, 2.75) is 31.0 Å². The number of amides is 1. The average molecular weight is 382 g/mol. The van der Waals surface area contributed by atoms with E-state index >= 15 is 0 Å². The van der Waals surface area contributed by atoms with Crippen LogP contribution in [0.5, 0.6) is 0 Å². The lowest BCUT2D eigenvalue weighted by atomic mass is 9.87. The van der Waals surface area contributed by atoms with E-state index in [9.17, 15) is 9.18 Å². The number of thioether (sulfide) groups is 1. The molecule has 0 saturated heterocycles. The summed E-state index contributed by atoms with van der Waals surface area (Å²) in [4.78, 5) is 12.2. The quantitative estimate of drug-likeness (QED) is 0.690. The van der Waals surface area contributed by atoms with Gasteiger partial charge >= 0.3 is 0 Å². The number of fused-ring (bicyclic) bond motifs is 3. The maximum atomic E-state index is 13.7. The summed E-state index contributed by atoms with van der Waals surface area (Å²) in [6.45, 7) is 4.28. The molecule has 1 aliphatic rings. The molecule has 7 heteroatoms. The molecule has 2 heterocycles. The zero-order valence-electron chi connectivity index (χ0n) is 15.1. The summed E-state index contributed by atoms with van der Waals surface area (Å²) in [6, 6.07) is 14.3. The maximum Gasteiger partial charge on any atom is 0.234 e. The van der Waals surface area contributed by atoms with Crippen molar-refractivity contribution >= 4 is 23.4 Å². The fraction of sp³-hybridized carbons (Fsp3) is 0.250. The van der Waals surface area contributed by atoms with E-state index in [2.05, 4.69) is 40.0 Å². The molecule has 1 aliphatic heterocycles. The molecule has 4 rings (SSSR count). The van der Waals surface area contributed by atoms with Crippen LogP contribution in [0.4, 0.5) is 10.1 Å². The van der Waals surface area contributed by atoms with Gasteiger partial charge in [0.15, 0.2) is 11.0 Å². The first-order valence-electron chi connectivity index (χ1n) is 8.67. The van der Waals surface area contributed by atoms with Crippen molar-refractivity contribution in [3.63, 3.8) is 0 Å². The highest BCUT2D eigenvalue weighted by atomic mass is 32.2. The second kappa shape index (κ2) is 6.81. The summed E-state index contributed by atoms with van der Waals surface area (Å²) in [7, 11) is 0. The topological polar surface area (TPSA) is 59.8 Å². The number of carbonyl (C=O) groups is 1. The number of halogens is 1. The summed E-state index contributed by atoms with van der Waals surface area (Å²) in [5.74, 6) is 0.216. The largest absolute Gasteiger partial charge is 0.323 e. The van der Waals surface area contributed by atoms with Gasteiger partial charge in [-0.2, -0.15) is 0 Å². The van der Waals surface area contributed by atoms with Crippen LogP contribution >= 0.6 is 11.8 Å². The van der Waals surface area contributed by atoms with Gasteiger partial charge in [0.25, 0.3) is 0 Å². The third-order valence-electron chi connectivity index (χ3n) is 4.60. The number of aromatic nitrogens is 3. The van der Waals surface area contributed by atoms with Crippen molar-refractivity contribution in [2.75, 3.05) is 11.1 Å². The number of carbonyl (C=O) groups excluding carboxylic acids is 1. The van der Waals surface area contributed by atoms with E-state index in [1.54, 1.807) is 12.1 Å². The minimum atomic E-state index is -0.451. The molecule has 0 unspecified atom stereocenters. The van der Waals surface area contributed by atoms with E-state index in [1.807, 2.05) is 18.2 Å². The van der Waals surface area contributed by atoms with Gasteiger partial charge in [-0.1, -0.05) is 48.2 Å². The Morgan fingerprint density at radius 2 is 1.93 bits per heavy atom. The van der Waals surface area contributed by atoms with Crippen LogP contribution in [0, 0.1) is 5.82 Å². The van der Waals surface area contributed by atoms with Crippen LogP contribution in [0.1, 0.15) is 19.4 Å². The number of benzene rings is 2. The van der Waals surface area contributed by atoms with Crippen LogP contribution < -0.4 is 5.32 Å². The summed E-state index contributed by atoms with van der Waals surface area (Å²) in [6.07, 6.45) is 0.864. The summed E-state index contributed by atoms with van der Waals surface area (Å²) >= 11 is 1.31. The number of hydrogen-bond donors (Lipinski definition) is 1. The lowest BCUT2D eigenvalue weighted by molar-refractivity contribution is -0.113. The van der Waals surface area contributed by atoms with Crippen LogP contribution in [0.3, 0.4) is 0 Å². The molecular weight excluding hydrogens is 363 g/mol. The number of nitrogens with one attached hydrogen (secondary N) is 1. The van der Waals surface area contributed by atoms with Crippen LogP contribution in [0.15, 0.2) is 53.7 Å². The molecule has 27 heavy (non-hydrogen) atoms. The highest BCUT2D eigenvalue weighted by molar-refractivity contribution is 7.99.